The van der Waals surface area contributed by atoms with Crippen molar-refractivity contribution in [2.75, 3.05) is 26.6 Å². The molecule has 0 saturated carbocycles. The summed E-state index contributed by atoms with van der Waals surface area (Å²) in [6.07, 6.45) is 0. The molecule has 0 radical (unpaired) electrons. The van der Waals surface area contributed by atoms with Crippen LogP contribution in [0.4, 0.5) is 5.69 Å². The summed E-state index contributed by atoms with van der Waals surface area (Å²) >= 11 is 0. The fraction of sp³-hybridized carbons (Fsp3) is 0.333. The van der Waals surface area contributed by atoms with Gasteiger partial charge >= 0.3 is 0 Å². The van der Waals surface area contributed by atoms with E-state index in [4.69, 9.17) is 14.2 Å². The quantitative estimate of drug-likeness (QED) is 0.911. The summed E-state index contributed by atoms with van der Waals surface area (Å²) in [6, 6.07) is 5.15. The smallest absolute Gasteiger partial charge is 0.259 e. The van der Waals surface area contributed by atoms with Crippen LogP contribution in [0.2, 0.25) is 0 Å². The summed E-state index contributed by atoms with van der Waals surface area (Å²) < 4.78 is 15.8. The van der Waals surface area contributed by atoms with Crippen molar-refractivity contribution in [3.63, 3.8) is 0 Å². The third kappa shape index (κ3) is 3.42. The number of aryl methyl sites for hydroxylation is 3. The molecule has 1 aromatic heterocycles. The number of nitrogens with zero attached hydrogens (tertiary/aromatic N) is 1. The average Bonchev–Trinajstić information content (AvgIpc) is 2.56. The Bertz CT molecular complexity index is 749. The van der Waals surface area contributed by atoms with Gasteiger partial charge < -0.3 is 19.5 Å². The molecule has 1 N–H and O–H groups in total. The lowest BCUT2D eigenvalue weighted by atomic mass is 10.1. The van der Waals surface area contributed by atoms with Gasteiger partial charge in [0, 0.05) is 17.8 Å². The number of benzene rings is 1. The molecule has 128 valence electrons. The minimum atomic E-state index is -0.301. The molecule has 0 fully saturated rings. The number of aromatic nitrogens is 1. The number of amides is 1. The highest BCUT2D eigenvalue weighted by molar-refractivity contribution is 6.07. The maximum absolute atomic E-state index is 12.7. The number of hydrogen-bond donors (Lipinski definition) is 1. The lowest BCUT2D eigenvalue weighted by molar-refractivity contribution is 0.102. The first-order valence-corrected chi connectivity index (χ1v) is 7.47. The number of anilines is 1. The first-order chi connectivity index (χ1) is 11.4. The molecule has 24 heavy (non-hydrogen) atoms. The minimum Gasteiger partial charge on any atom is -0.496 e. The number of pyridine rings is 1. The molecule has 2 aromatic rings. The van der Waals surface area contributed by atoms with E-state index in [0.29, 0.717) is 28.5 Å². The van der Waals surface area contributed by atoms with Crippen molar-refractivity contribution in [3.8, 4) is 17.2 Å². The summed E-state index contributed by atoms with van der Waals surface area (Å²) in [5.41, 5.74) is 3.68. The molecule has 6 nitrogen and oxygen atoms in total. The van der Waals surface area contributed by atoms with Crippen LogP contribution in [0.25, 0.3) is 0 Å². The van der Waals surface area contributed by atoms with Gasteiger partial charge in [0.05, 0.1) is 38.3 Å². The Morgan fingerprint density at radius 3 is 2.04 bits per heavy atom. The fourth-order valence-electron chi connectivity index (χ4n) is 2.60. The normalized spacial score (nSPS) is 10.2. The number of hydrogen-bond acceptors (Lipinski definition) is 5. The van der Waals surface area contributed by atoms with Crippen LogP contribution in [0.1, 0.15) is 27.3 Å². The van der Waals surface area contributed by atoms with Crippen LogP contribution in [0.5, 0.6) is 17.2 Å². The Hall–Kier alpha value is -2.76. The molecular weight excluding hydrogens is 308 g/mol. The van der Waals surface area contributed by atoms with E-state index in [2.05, 4.69) is 10.3 Å². The SMILES string of the molecule is COc1cc(OC)c(C(=O)Nc2c(C)cc(C)nc2C)cc1OC. The van der Waals surface area contributed by atoms with Crippen molar-refractivity contribution in [2.24, 2.45) is 0 Å². The first-order valence-electron chi connectivity index (χ1n) is 7.47. The molecule has 0 atom stereocenters. The summed E-state index contributed by atoms with van der Waals surface area (Å²) in [5.74, 6) is 1.05. The third-order valence-electron chi connectivity index (χ3n) is 3.71. The van der Waals surface area contributed by atoms with Crippen molar-refractivity contribution >= 4 is 11.6 Å². The van der Waals surface area contributed by atoms with Gasteiger partial charge in [-0.25, -0.2) is 0 Å². The number of rotatable bonds is 5. The number of nitrogens with one attached hydrogen (secondary N) is 1. The second-order valence-corrected chi connectivity index (χ2v) is 5.40. The highest BCUT2D eigenvalue weighted by Gasteiger charge is 2.19. The van der Waals surface area contributed by atoms with Crippen LogP contribution in [0.15, 0.2) is 18.2 Å². The highest BCUT2D eigenvalue weighted by atomic mass is 16.5. The Labute approximate surface area is 141 Å². The molecule has 6 heteroatoms. The summed E-state index contributed by atoms with van der Waals surface area (Å²) in [7, 11) is 4.55. The Morgan fingerprint density at radius 2 is 1.50 bits per heavy atom. The van der Waals surface area contributed by atoms with Crippen LogP contribution in [-0.2, 0) is 0 Å². The fourth-order valence-corrected chi connectivity index (χ4v) is 2.60. The number of methoxy groups -OCH3 is 3. The van der Waals surface area contributed by atoms with Crippen molar-refractivity contribution in [2.45, 2.75) is 20.8 Å². The number of ether oxygens (including phenoxy) is 3. The lowest BCUT2D eigenvalue weighted by Gasteiger charge is -2.16. The predicted molar refractivity (Wildman–Crippen MR) is 92.5 cm³/mol. The summed E-state index contributed by atoms with van der Waals surface area (Å²) in [6.45, 7) is 5.72. The minimum absolute atomic E-state index is 0.301. The molecule has 1 aromatic carbocycles. The molecule has 2 rings (SSSR count). The van der Waals surface area contributed by atoms with Crippen LogP contribution in [-0.4, -0.2) is 32.2 Å². The lowest BCUT2D eigenvalue weighted by Crippen LogP contribution is -2.16. The largest absolute Gasteiger partial charge is 0.496 e. The molecular formula is C18H22N2O4. The van der Waals surface area contributed by atoms with Gasteiger partial charge in [0.25, 0.3) is 5.91 Å². The third-order valence-corrected chi connectivity index (χ3v) is 3.71. The van der Waals surface area contributed by atoms with E-state index < -0.39 is 0 Å². The van der Waals surface area contributed by atoms with Crippen LogP contribution >= 0.6 is 0 Å². The second-order valence-electron chi connectivity index (χ2n) is 5.40. The van der Waals surface area contributed by atoms with E-state index in [1.807, 2.05) is 26.8 Å². The molecule has 0 aliphatic heterocycles. The van der Waals surface area contributed by atoms with Gasteiger partial charge in [0.1, 0.15) is 5.75 Å². The maximum Gasteiger partial charge on any atom is 0.259 e. The maximum atomic E-state index is 12.7. The van der Waals surface area contributed by atoms with Crippen molar-refractivity contribution in [1.82, 2.24) is 4.98 Å². The summed E-state index contributed by atoms with van der Waals surface area (Å²) in [5, 5.41) is 2.91. The van der Waals surface area contributed by atoms with E-state index in [-0.39, 0.29) is 5.91 Å². The van der Waals surface area contributed by atoms with Crippen molar-refractivity contribution < 1.29 is 19.0 Å². The van der Waals surface area contributed by atoms with Crippen LogP contribution in [0, 0.1) is 20.8 Å². The molecule has 0 saturated heterocycles. The Balaban J connectivity index is 2.43. The molecule has 1 amide bonds. The second kappa shape index (κ2) is 7.21. The number of carbonyl (C=O) groups is 1. The molecule has 0 aliphatic rings. The number of carbonyl (C=O) groups excluding carboxylic acids is 1. The first kappa shape index (κ1) is 17.6. The van der Waals surface area contributed by atoms with Crippen molar-refractivity contribution in [3.05, 3.63) is 40.7 Å². The van der Waals surface area contributed by atoms with Gasteiger partial charge in [-0.2, -0.15) is 0 Å². The molecule has 0 aliphatic carbocycles. The van der Waals surface area contributed by atoms with Crippen molar-refractivity contribution in [1.29, 1.82) is 0 Å². The van der Waals surface area contributed by atoms with E-state index >= 15 is 0 Å². The van der Waals surface area contributed by atoms with E-state index in [9.17, 15) is 4.79 Å². The summed E-state index contributed by atoms with van der Waals surface area (Å²) in [4.78, 5) is 17.1. The molecule has 1 heterocycles. The van der Waals surface area contributed by atoms with E-state index in [1.165, 1.54) is 21.3 Å². The Kier molecular flexibility index (Phi) is 5.28. The average molecular weight is 330 g/mol. The zero-order chi connectivity index (χ0) is 17.9. The van der Waals surface area contributed by atoms with E-state index in [1.54, 1.807) is 12.1 Å². The topological polar surface area (TPSA) is 69.7 Å². The monoisotopic (exact) mass is 330 g/mol. The van der Waals surface area contributed by atoms with Gasteiger partial charge in [0.2, 0.25) is 0 Å². The van der Waals surface area contributed by atoms with Gasteiger partial charge in [-0.15, -0.1) is 0 Å². The molecule has 0 bridgehead atoms. The predicted octanol–water partition coefficient (Wildman–Crippen LogP) is 3.28. The molecule has 0 unspecified atom stereocenters. The zero-order valence-corrected chi connectivity index (χ0v) is 14.8. The standard InChI is InChI=1S/C18H22N2O4/c1-10-7-11(2)19-12(3)17(10)20-18(21)13-8-15(23-5)16(24-6)9-14(13)22-4/h7-9H,1-6H3,(H,20,21). The van der Waals surface area contributed by atoms with Gasteiger partial charge in [-0.1, -0.05) is 0 Å². The van der Waals surface area contributed by atoms with Gasteiger partial charge in [-0.05, 0) is 32.4 Å². The van der Waals surface area contributed by atoms with Gasteiger partial charge in [0.15, 0.2) is 11.5 Å². The van der Waals surface area contributed by atoms with E-state index in [0.717, 1.165) is 17.0 Å². The molecule has 0 spiro atoms. The highest BCUT2D eigenvalue weighted by Crippen LogP contribution is 2.35. The van der Waals surface area contributed by atoms with Crippen LogP contribution < -0.4 is 19.5 Å². The van der Waals surface area contributed by atoms with Crippen LogP contribution in [0.3, 0.4) is 0 Å². The zero-order valence-electron chi connectivity index (χ0n) is 14.8. The Morgan fingerprint density at radius 1 is 0.917 bits per heavy atom. The van der Waals surface area contributed by atoms with Gasteiger partial charge in [-0.3, -0.25) is 9.78 Å².